The molecule has 1 amide bonds. The number of para-hydroxylation sites is 1. The van der Waals surface area contributed by atoms with Crippen molar-refractivity contribution in [3.63, 3.8) is 0 Å². The quantitative estimate of drug-likeness (QED) is 0.516. The van der Waals surface area contributed by atoms with Crippen molar-refractivity contribution >= 4 is 23.6 Å². The van der Waals surface area contributed by atoms with Gasteiger partial charge in [-0.1, -0.05) is 18.2 Å². The highest BCUT2D eigenvalue weighted by molar-refractivity contribution is 5.89. The van der Waals surface area contributed by atoms with Crippen molar-refractivity contribution in [2.45, 2.75) is 0 Å². The third-order valence-corrected chi connectivity index (χ3v) is 4.93. The van der Waals surface area contributed by atoms with Gasteiger partial charge in [0.1, 0.15) is 11.5 Å². The maximum absolute atomic E-state index is 12.4. The van der Waals surface area contributed by atoms with Gasteiger partial charge in [-0.3, -0.25) is 4.79 Å². The van der Waals surface area contributed by atoms with Crippen LogP contribution in [0.4, 0.5) is 5.69 Å². The van der Waals surface area contributed by atoms with Crippen molar-refractivity contribution in [3.8, 4) is 11.5 Å². The van der Waals surface area contributed by atoms with Gasteiger partial charge in [0.25, 0.3) is 5.91 Å². The normalized spacial score (nSPS) is 13.9. The number of amides is 1. The lowest BCUT2D eigenvalue weighted by Crippen LogP contribution is -2.49. The van der Waals surface area contributed by atoms with E-state index in [9.17, 15) is 9.59 Å². The summed E-state index contributed by atoms with van der Waals surface area (Å²) in [5, 5.41) is 0. The first-order chi connectivity index (χ1) is 14.6. The molecule has 1 saturated heterocycles. The lowest BCUT2D eigenvalue weighted by Gasteiger charge is -2.36. The first kappa shape index (κ1) is 21.2. The standard InChI is InChI=1S/C23H26N2O5/c1-28-20-10-8-18(21(16-20)29-2)9-11-23(27)30-17-22(26)25-14-12-24(13-15-25)19-6-4-3-5-7-19/h3-11,16H,12-15,17H2,1-2H3/b11-9+. The number of hydrogen-bond acceptors (Lipinski definition) is 6. The highest BCUT2D eigenvalue weighted by Gasteiger charge is 2.21. The second-order valence-electron chi connectivity index (χ2n) is 6.75. The van der Waals surface area contributed by atoms with E-state index in [0.29, 0.717) is 30.2 Å². The van der Waals surface area contributed by atoms with Crippen molar-refractivity contribution in [2.75, 3.05) is 51.9 Å². The molecule has 0 aliphatic carbocycles. The summed E-state index contributed by atoms with van der Waals surface area (Å²) in [6.07, 6.45) is 2.87. The Morgan fingerprint density at radius 1 is 0.967 bits per heavy atom. The van der Waals surface area contributed by atoms with E-state index in [-0.39, 0.29) is 12.5 Å². The summed E-state index contributed by atoms with van der Waals surface area (Å²) in [6, 6.07) is 15.4. The van der Waals surface area contributed by atoms with Crippen LogP contribution in [0.5, 0.6) is 11.5 Å². The van der Waals surface area contributed by atoms with Gasteiger partial charge in [0, 0.05) is 49.6 Å². The van der Waals surface area contributed by atoms with Crippen LogP contribution in [0.2, 0.25) is 0 Å². The third kappa shape index (κ3) is 5.53. The Morgan fingerprint density at radius 3 is 2.37 bits per heavy atom. The Labute approximate surface area is 176 Å². The number of ether oxygens (including phenoxy) is 3. The number of benzene rings is 2. The molecular formula is C23H26N2O5. The number of carbonyl (C=O) groups excluding carboxylic acids is 2. The highest BCUT2D eigenvalue weighted by Crippen LogP contribution is 2.25. The molecule has 1 fully saturated rings. The largest absolute Gasteiger partial charge is 0.497 e. The zero-order valence-electron chi connectivity index (χ0n) is 17.2. The van der Waals surface area contributed by atoms with Gasteiger partial charge in [-0.2, -0.15) is 0 Å². The minimum absolute atomic E-state index is 0.188. The minimum atomic E-state index is -0.579. The number of piperazine rings is 1. The van der Waals surface area contributed by atoms with E-state index < -0.39 is 5.97 Å². The summed E-state index contributed by atoms with van der Waals surface area (Å²) in [5.74, 6) is 0.464. The van der Waals surface area contributed by atoms with Gasteiger partial charge in [-0.05, 0) is 30.3 Å². The fourth-order valence-corrected chi connectivity index (χ4v) is 3.24. The summed E-state index contributed by atoms with van der Waals surface area (Å²) in [6.45, 7) is 2.43. The molecule has 0 unspecified atom stereocenters. The fourth-order valence-electron chi connectivity index (χ4n) is 3.24. The summed E-state index contributed by atoms with van der Waals surface area (Å²) in [5.41, 5.74) is 1.86. The summed E-state index contributed by atoms with van der Waals surface area (Å²) < 4.78 is 15.6. The predicted octanol–water partition coefficient (Wildman–Crippen LogP) is 2.61. The van der Waals surface area contributed by atoms with Crippen LogP contribution >= 0.6 is 0 Å². The Kier molecular flexibility index (Phi) is 7.32. The molecule has 7 heteroatoms. The lowest BCUT2D eigenvalue weighted by atomic mass is 10.2. The van der Waals surface area contributed by atoms with Gasteiger partial charge in [0.2, 0.25) is 0 Å². The van der Waals surface area contributed by atoms with Crippen LogP contribution in [0, 0.1) is 0 Å². The smallest absolute Gasteiger partial charge is 0.331 e. The zero-order chi connectivity index (χ0) is 21.3. The molecular weight excluding hydrogens is 384 g/mol. The topological polar surface area (TPSA) is 68.3 Å². The van der Waals surface area contributed by atoms with E-state index in [2.05, 4.69) is 17.0 Å². The Balaban J connectivity index is 1.46. The summed E-state index contributed by atoms with van der Waals surface area (Å²) in [7, 11) is 3.11. The van der Waals surface area contributed by atoms with E-state index in [1.54, 1.807) is 43.4 Å². The minimum Gasteiger partial charge on any atom is -0.497 e. The molecule has 0 aromatic heterocycles. The molecule has 0 saturated carbocycles. The number of esters is 1. The second-order valence-corrected chi connectivity index (χ2v) is 6.75. The first-order valence-corrected chi connectivity index (χ1v) is 9.75. The van der Waals surface area contributed by atoms with E-state index in [1.807, 2.05) is 18.2 Å². The van der Waals surface area contributed by atoms with Gasteiger partial charge in [0.05, 0.1) is 14.2 Å². The second kappa shape index (κ2) is 10.3. The number of rotatable bonds is 7. The molecule has 0 N–H and O–H groups in total. The molecule has 1 aliphatic heterocycles. The van der Waals surface area contributed by atoms with E-state index >= 15 is 0 Å². The Hall–Kier alpha value is -3.48. The van der Waals surface area contributed by atoms with Crippen molar-refractivity contribution in [1.29, 1.82) is 0 Å². The van der Waals surface area contributed by atoms with Gasteiger partial charge in [-0.25, -0.2) is 4.79 Å². The third-order valence-electron chi connectivity index (χ3n) is 4.93. The molecule has 158 valence electrons. The molecule has 0 bridgehead atoms. The predicted molar refractivity (Wildman–Crippen MR) is 115 cm³/mol. The fraction of sp³-hybridized carbons (Fsp3) is 0.304. The van der Waals surface area contributed by atoms with E-state index in [0.717, 1.165) is 18.8 Å². The molecule has 1 heterocycles. The van der Waals surface area contributed by atoms with E-state index in [4.69, 9.17) is 14.2 Å². The molecule has 7 nitrogen and oxygen atoms in total. The summed E-state index contributed by atoms with van der Waals surface area (Å²) in [4.78, 5) is 28.3. The van der Waals surface area contributed by atoms with Crippen molar-refractivity contribution < 1.29 is 23.8 Å². The van der Waals surface area contributed by atoms with Gasteiger partial charge in [0.15, 0.2) is 6.61 Å². The summed E-state index contributed by atoms with van der Waals surface area (Å²) >= 11 is 0. The van der Waals surface area contributed by atoms with Gasteiger partial charge < -0.3 is 24.0 Å². The molecule has 0 atom stereocenters. The molecule has 0 radical (unpaired) electrons. The Bertz CT molecular complexity index is 890. The number of hydrogen-bond donors (Lipinski definition) is 0. The SMILES string of the molecule is COc1ccc(/C=C/C(=O)OCC(=O)N2CCN(c3ccccc3)CC2)c(OC)c1. The van der Waals surface area contributed by atoms with Crippen molar-refractivity contribution in [3.05, 3.63) is 60.2 Å². The van der Waals surface area contributed by atoms with Crippen LogP contribution in [0.1, 0.15) is 5.56 Å². The van der Waals surface area contributed by atoms with Crippen LogP contribution < -0.4 is 14.4 Å². The number of methoxy groups -OCH3 is 2. The first-order valence-electron chi connectivity index (χ1n) is 9.75. The van der Waals surface area contributed by atoms with Gasteiger partial charge >= 0.3 is 5.97 Å². The van der Waals surface area contributed by atoms with Crippen LogP contribution in [-0.2, 0) is 14.3 Å². The van der Waals surface area contributed by atoms with Crippen LogP contribution in [0.25, 0.3) is 6.08 Å². The average Bonchev–Trinajstić information content (AvgIpc) is 2.81. The van der Waals surface area contributed by atoms with Crippen molar-refractivity contribution in [2.24, 2.45) is 0 Å². The monoisotopic (exact) mass is 410 g/mol. The molecule has 30 heavy (non-hydrogen) atoms. The number of nitrogens with zero attached hydrogens (tertiary/aromatic N) is 2. The van der Waals surface area contributed by atoms with E-state index in [1.165, 1.54) is 6.08 Å². The number of anilines is 1. The molecule has 3 rings (SSSR count). The number of carbonyl (C=O) groups is 2. The molecule has 0 spiro atoms. The zero-order valence-corrected chi connectivity index (χ0v) is 17.2. The maximum Gasteiger partial charge on any atom is 0.331 e. The Morgan fingerprint density at radius 2 is 1.70 bits per heavy atom. The average molecular weight is 410 g/mol. The highest BCUT2D eigenvalue weighted by atomic mass is 16.5. The van der Waals surface area contributed by atoms with Gasteiger partial charge in [-0.15, -0.1) is 0 Å². The van der Waals surface area contributed by atoms with Crippen LogP contribution in [-0.4, -0.2) is 63.8 Å². The maximum atomic E-state index is 12.4. The molecule has 1 aliphatic rings. The van der Waals surface area contributed by atoms with Crippen LogP contribution in [0.15, 0.2) is 54.6 Å². The molecule has 2 aromatic carbocycles. The molecule has 2 aromatic rings. The lowest BCUT2D eigenvalue weighted by molar-refractivity contribution is -0.148. The van der Waals surface area contributed by atoms with Crippen LogP contribution in [0.3, 0.4) is 0 Å². The van der Waals surface area contributed by atoms with Crippen molar-refractivity contribution in [1.82, 2.24) is 4.90 Å².